The molecule has 10 atom stereocenters. The molecule has 2 aliphatic heterocycles. The summed E-state index contributed by atoms with van der Waals surface area (Å²) >= 11 is 0. The number of H-pyrrole nitrogens is 1. The van der Waals surface area contributed by atoms with Crippen molar-refractivity contribution in [3.05, 3.63) is 32.6 Å². The largest absolute Gasteiger partial charge is 0.483 e. The van der Waals surface area contributed by atoms with E-state index in [4.69, 9.17) is 14.6 Å². The maximum absolute atomic E-state index is 12.2. The monoisotopic (exact) mass is 564 g/mol. The maximum atomic E-state index is 12.2. The van der Waals surface area contributed by atoms with Crippen LogP contribution in [0.25, 0.3) is 0 Å². The van der Waals surface area contributed by atoms with Gasteiger partial charge in [0.05, 0.1) is 19.3 Å². The van der Waals surface area contributed by atoms with Crippen LogP contribution in [0, 0.1) is 6.92 Å². The number of aromatic amines is 1. The van der Waals surface area contributed by atoms with E-state index in [-0.39, 0.29) is 12.0 Å². The predicted octanol–water partition coefficient (Wildman–Crippen LogP) is -3.46. The molecule has 0 amide bonds. The molecule has 0 radical (unpaired) electrons. The lowest BCUT2D eigenvalue weighted by molar-refractivity contribution is -0.280. The Hall–Kier alpha value is -1.34. The number of phosphoric acid groups is 2. The minimum Gasteiger partial charge on any atom is -0.394 e. The van der Waals surface area contributed by atoms with E-state index in [0.717, 1.165) is 4.57 Å². The Bertz CT molecular complexity index is 1140. The van der Waals surface area contributed by atoms with Gasteiger partial charge in [-0.05, 0) is 6.92 Å². The Kier molecular flexibility index (Phi) is 9.08. The summed E-state index contributed by atoms with van der Waals surface area (Å²) in [6.45, 7) is -0.305. The van der Waals surface area contributed by atoms with Crippen LogP contribution in [0.4, 0.5) is 0 Å². The van der Waals surface area contributed by atoms with Crippen molar-refractivity contribution in [2.75, 3.05) is 13.2 Å². The zero-order chi connectivity index (χ0) is 27.0. The lowest BCUT2D eigenvalue weighted by Crippen LogP contribution is -2.58. The molecule has 3 heterocycles. The molecule has 18 nitrogen and oxygen atoms in total. The number of aromatic nitrogens is 2. The first-order valence-electron chi connectivity index (χ1n) is 10.3. The van der Waals surface area contributed by atoms with Gasteiger partial charge in [0.2, 0.25) is 0 Å². The molecule has 20 heteroatoms. The van der Waals surface area contributed by atoms with Crippen LogP contribution < -0.4 is 11.2 Å². The first-order valence-corrected chi connectivity index (χ1v) is 13.3. The third-order valence-corrected chi connectivity index (χ3v) is 7.95. The summed E-state index contributed by atoms with van der Waals surface area (Å²) in [7, 11) is -10.9. The van der Waals surface area contributed by atoms with Crippen molar-refractivity contribution in [1.29, 1.82) is 0 Å². The normalized spacial score (nSPS) is 36.3. The summed E-state index contributed by atoms with van der Waals surface area (Å²) in [4.78, 5) is 45.2. The summed E-state index contributed by atoms with van der Waals surface area (Å²) in [6.07, 6.45) is -12.2. The predicted molar refractivity (Wildman–Crippen MR) is 112 cm³/mol. The number of phosphoric ester groups is 2. The van der Waals surface area contributed by atoms with E-state index in [0.29, 0.717) is 0 Å². The number of ether oxygens (including phenoxy) is 2. The molecule has 0 aromatic carbocycles. The average Bonchev–Trinajstić information content (AvgIpc) is 3.14. The van der Waals surface area contributed by atoms with E-state index < -0.39 is 89.2 Å². The van der Waals surface area contributed by atoms with Crippen LogP contribution in [0.5, 0.6) is 0 Å². The van der Waals surface area contributed by atoms with Crippen LogP contribution in [0.3, 0.4) is 0 Å². The Balaban J connectivity index is 1.59. The summed E-state index contributed by atoms with van der Waals surface area (Å²) in [5.74, 6) is 0. The molecule has 1 aromatic rings. The van der Waals surface area contributed by atoms with E-state index in [1.165, 1.54) is 13.1 Å². The highest BCUT2D eigenvalue weighted by Gasteiger charge is 2.48. The number of nitrogens with zero attached hydrogens (tertiary/aromatic N) is 1. The smallest absolute Gasteiger partial charge is 0.394 e. The molecular weight excluding hydrogens is 538 g/mol. The summed E-state index contributed by atoms with van der Waals surface area (Å²) in [5.41, 5.74) is -1.27. The standard InChI is InChI=1S/C16H26N2O16P2/c1-6-3-18(16(25)17-14(6)24)10-2-7(20)9(31-10)5-30-35(26,27)34-36(28,29)33-15-13(23)12(22)11(21)8(4-19)32-15/h3,7-13,15,19-23H,2,4-5H2,1H3,(H,26,27)(H,28,29)(H,17,24,25)/t7-,8+,9+,10+,11+,12-,13+,15-/m0/s1. The highest BCUT2D eigenvalue weighted by atomic mass is 31.3. The van der Waals surface area contributed by atoms with Crippen LogP contribution in [0.15, 0.2) is 15.8 Å². The third kappa shape index (κ3) is 6.75. The second kappa shape index (κ2) is 11.2. The Labute approximate surface area is 201 Å². The van der Waals surface area contributed by atoms with Crippen molar-refractivity contribution in [3.8, 4) is 0 Å². The van der Waals surface area contributed by atoms with Gasteiger partial charge in [0, 0.05) is 18.2 Å². The van der Waals surface area contributed by atoms with Crippen LogP contribution >= 0.6 is 15.6 Å². The van der Waals surface area contributed by atoms with Gasteiger partial charge >= 0.3 is 21.3 Å². The van der Waals surface area contributed by atoms with Gasteiger partial charge in [0.25, 0.3) is 5.56 Å². The van der Waals surface area contributed by atoms with Crippen molar-refractivity contribution in [2.24, 2.45) is 0 Å². The topological polar surface area (TPSA) is 277 Å². The van der Waals surface area contributed by atoms with Crippen molar-refractivity contribution in [2.45, 2.75) is 62.5 Å². The Morgan fingerprint density at radius 2 is 1.72 bits per heavy atom. The first kappa shape index (κ1) is 29.2. The molecule has 206 valence electrons. The molecule has 0 aliphatic carbocycles. The lowest BCUT2D eigenvalue weighted by Gasteiger charge is -2.39. The zero-order valence-electron chi connectivity index (χ0n) is 18.5. The zero-order valence-corrected chi connectivity index (χ0v) is 20.3. The van der Waals surface area contributed by atoms with Crippen molar-refractivity contribution >= 4 is 15.6 Å². The van der Waals surface area contributed by atoms with E-state index >= 15 is 0 Å². The van der Waals surface area contributed by atoms with E-state index in [9.17, 15) is 48.9 Å². The third-order valence-electron chi connectivity index (χ3n) is 5.35. The number of rotatable bonds is 9. The van der Waals surface area contributed by atoms with Gasteiger partial charge in [0.15, 0.2) is 6.29 Å². The minimum absolute atomic E-state index is 0.172. The van der Waals surface area contributed by atoms with Crippen LogP contribution in [0.2, 0.25) is 0 Å². The van der Waals surface area contributed by atoms with E-state index in [1.54, 1.807) is 0 Å². The summed E-state index contributed by atoms with van der Waals surface area (Å²) < 4.78 is 48.8. The fourth-order valence-corrected chi connectivity index (χ4v) is 5.62. The molecule has 2 fully saturated rings. The molecule has 2 aliphatic rings. The quantitative estimate of drug-likeness (QED) is 0.135. The molecule has 2 saturated heterocycles. The lowest BCUT2D eigenvalue weighted by atomic mass is 10.00. The van der Waals surface area contributed by atoms with E-state index in [2.05, 4.69) is 18.3 Å². The van der Waals surface area contributed by atoms with Gasteiger partial charge < -0.3 is 44.8 Å². The van der Waals surface area contributed by atoms with Crippen LogP contribution in [-0.4, -0.2) is 101 Å². The molecule has 8 N–H and O–H groups in total. The summed E-state index contributed by atoms with van der Waals surface area (Å²) in [5, 5.41) is 48.5. The van der Waals surface area contributed by atoms with Gasteiger partial charge in [-0.2, -0.15) is 4.31 Å². The number of hydrogen-bond donors (Lipinski definition) is 8. The number of aryl methyl sites for hydroxylation is 1. The van der Waals surface area contributed by atoms with Gasteiger partial charge in [-0.1, -0.05) is 0 Å². The van der Waals surface area contributed by atoms with E-state index in [1.807, 2.05) is 0 Å². The summed E-state index contributed by atoms with van der Waals surface area (Å²) in [6, 6.07) is 0. The van der Waals surface area contributed by atoms with Gasteiger partial charge in [-0.15, -0.1) is 0 Å². The SMILES string of the molecule is Cc1cn([C@H]2C[C@H](O)[C@@H](COP(=O)(O)OP(=O)(O)O[C@@H]3O[C@H](CO)[C@@H](O)[C@H](O)[C@H]3O)O2)c(=O)[nH]c1=O. The highest BCUT2D eigenvalue weighted by Crippen LogP contribution is 2.61. The molecule has 2 unspecified atom stereocenters. The second-order valence-electron chi connectivity index (χ2n) is 8.03. The minimum atomic E-state index is -5.54. The number of aliphatic hydroxyl groups is 5. The Morgan fingerprint density at radius 1 is 1.06 bits per heavy atom. The number of aliphatic hydroxyl groups excluding tert-OH is 5. The molecule has 1 aromatic heterocycles. The van der Waals surface area contributed by atoms with Crippen LogP contribution in [0.1, 0.15) is 18.2 Å². The molecule has 36 heavy (non-hydrogen) atoms. The number of nitrogens with one attached hydrogen (secondary N) is 1. The van der Waals surface area contributed by atoms with Crippen molar-refractivity contribution < 1.29 is 67.3 Å². The highest BCUT2D eigenvalue weighted by molar-refractivity contribution is 7.61. The fraction of sp³-hybridized carbons (Fsp3) is 0.750. The van der Waals surface area contributed by atoms with Crippen LogP contribution in [-0.2, 0) is 32.0 Å². The maximum Gasteiger partial charge on any atom is 0.483 e. The molecular formula is C16H26N2O16P2. The molecule has 0 spiro atoms. The van der Waals surface area contributed by atoms with Gasteiger partial charge in [0.1, 0.15) is 36.7 Å². The van der Waals surface area contributed by atoms with Crippen molar-refractivity contribution in [3.63, 3.8) is 0 Å². The first-order chi connectivity index (χ1) is 16.6. The number of hydrogen-bond acceptors (Lipinski definition) is 14. The molecule has 3 rings (SSSR count). The Morgan fingerprint density at radius 3 is 2.36 bits per heavy atom. The average molecular weight is 564 g/mol. The molecule has 0 bridgehead atoms. The van der Waals surface area contributed by atoms with Gasteiger partial charge in [-0.25, -0.2) is 13.9 Å². The van der Waals surface area contributed by atoms with Crippen molar-refractivity contribution in [1.82, 2.24) is 9.55 Å². The van der Waals surface area contributed by atoms with Gasteiger partial charge in [-0.3, -0.25) is 23.4 Å². The second-order valence-corrected chi connectivity index (χ2v) is 11.0. The molecule has 0 saturated carbocycles. The fourth-order valence-electron chi connectivity index (χ4n) is 3.46.